The fourth-order valence-electron chi connectivity index (χ4n) is 6.74. The van der Waals surface area contributed by atoms with Gasteiger partial charge < -0.3 is 36.1 Å². The van der Waals surface area contributed by atoms with E-state index >= 15 is 0 Å². The number of guanidine groups is 1. The molecule has 0 bridgehead atoms. The Morgan fingerprint density at radius 1 is 0.830 bits per heavy atom. The molecule has 2 aromatic rings. The molecule has 4 rings (SSSR count). The number of aliphatic imine (C=N–C) groups is 1. The molecule has 1 heterocycles. The van der Waals surface area contributed by atoms with Gasteiger partial charge in [0, 0.05) is 61.0 Å². The first-order valence-electron chi connectivity index (χ1n) is 19.2. The van der Waals surface area contributed by atoms with Gasteiger partial charge in [0.1, 0.15) is 0 Å². The fourth-order valence-corrected chi connectivity index (χ4v) is 6.74. The van der Waals surface area contributed by atoms with Crippen LogP contribution in [0.25, 0.3) is 0 Å². The Kier molecular flexibility index (Phi) is 17.5. The summed E-state index contributed by atoms with van der Waals surface area (Å²) in [5.41, 5.74) is 8.56. The zero-order valence-corrected chi connectivity index (χ0v) is 31.1. The van der Waals surface area contributed by atoms with Crippen LogP contribution in [0.15, 0.2) is 47.5 Å². The van der Waals surface area contributed by atoms with Crippen molar-refractivity contribution < 1.29 is 28.8 Å². The molecule has 5 N–H and O–H groups in total. The van der Waals surface area contributed by atoms with Crippen molar-refractivity contribution in [2.75, 3.05) is 49.7 Å². The number of nitro groups is 1. The number of aryl methyl sites for hydroxylation is 1. The molecule has 14 heteroatoms. The van der Waals surface area contributed by atoms with Crippen molar-refractivity contribution in [2.24, 2.45) is 10.7 Å². The smallest absolute Gasteiger partial charge is 0.269 e. The first kappa shape index (κ1) is 41.2. The summed E-state index contributed by atoms with van der Waals surface area (Å²) in [5.74, 6) is -0.370. The Labute approximate surface area is 312 Å². The molecule has 1 saturated carbocycles. The Morgan fingerprint density at radius 2 is 1.42 bits per heavy atom. The van der Waals surface area contributed by atoms with Crippen LogP contribution in [0.4, 0.5) is 17.1 Å². The van der Waals surface area contributed by atoms with Crippen molar-refractivity contribution in [3.63, 3.8) is 0 Å². The van der Waals surface area contributed by atoms with Gasteiger partial charge in [0.05, 0.1) is 43.8 Å². The first-order valence-corrected chi connectivity index (χ1v) is 19.2. The van der Waals surface area contributed by atoms with Crippen LogP contribution < -0.4 is 26.6 Å². The summed E-state index contributed by atoms with van der Waals surface area (Å²) in [6.45, 7) is 3.80. The summed E-state index contributed by atoms with van der Waals surface area (Å²) in [5, 5.41) is 21.0. The van der Waals surface area contributed by atoms with Crippen LogP contribution in [-0.2, 0) is 23.9 Å². The van der Waals surface area contributed by atoms with Crippen LogP contribution in [0.5, 0.6) is 0 Å². The number of non-ortho nitro benzene ring substituents is 1. The lowest BCUT2D eigenvalue weighted by molar-refractivity contribution is -0.384. The van der Waals surface area contributed by atoms with E-state index in [0.29, 0.717) is 37.9 Å². The zero-order valence-electron chi connectivity index (χ0n) is 31.1. The number of carbonyl (C=O) groups is 3. The number of ether oxygens (including phenoxy) is 2. The van der Waals surface area contributed by atoms with Crippen LogP contribution in [0.3, 0.4) is 0 Å². The fraction of sp³-hybridized carbons (Fsp3) is 0.590. The number of fused-ring (bicyclic) bond motifs is 1. The number of anilines is 2. The second-order valence-electron chi connectivity index (χ2n) is 13.8. The third kappa shape index (κ3) is 14.4. The Hall–Kier alpha value is -4.56. The summed E-state index contributed by atoms with van der Waals surface area (Å²) >= 11 is 0. The van der Waals surface area contributed by atoms with Gasteiger partial charge in [0.25, 0.3) is 5.69 Å². The molecule has 1 aliphatic carbocycles. The number of nitrogens with two attached hydrogens (primary N) is 1. The molecule has 1 atom stereocenters. The lowest BCUT2D eigenvalue weighted by Gasteiger charge is -2.40. The van der Waals surface area contributed by atoms with Gasteiger partial charge in [-0.15, -0.1) is 0 Å². The molecule has 0 saturated heterocycles. The second kappa shape index (κ2) is 22.5. The number of nitro benzene ring substituents is 1. The quantitative estimate of drug-likeness (QED) is 0.0880. The van der Waals surface area contributed by atoms with Gasteiger partial charge in [0.15, 0.2) is 0 Å². The molecule has 14 nitrogen and oxygen atoms in total. The van der Waals surface area contributed by atoms with E-state index in [1.165, 1.54) is 44.9 Å². The number of hydrogen-bond donors (Lipinski definition) is 4. The third-order valence-electron chi connectivity index (χ3n) is 9.58. The highest BCUT2D eigenvalue weighted by molar-refractivity contribution is 6.08. The third-order valence-corrected chi connectivity index (χ3v) is 9.58. The second-order valence-corrected chi connectivity index (χ2v) is 13.8. The van der Waals surface area contributed by atoms with Crippen molar-refractivity contribution in [3.8, 4) is 0 Å². The minimum atomic E-state index is -0.633. The van der Waals surface area contributed by atoms with Gasteiger partial charge >= 0.3 is 0 Å². The van der Waals surface area contributed by atoms with Crippen LogP contribution in [0.2, 0.25) is 0 Å². The van der Waals surface area contributed by atoms with Gasteiger partial charge in [-0.1, -0.05) is 75.5 Å². The highest BCUT2D eigenvalue weighted by atomic mass is 16.6. The summed E-state index contributed by atoms with van der Waals surface area (Å²) < 4.78 is 11.0. The average molecular weight is 736 g/mol. The molecule has 1 aliphatic heterocycles. The van der Waals surface area contributed by atoms with Crippen molar-refractivity contribution in [1.29, 1.82) is 0 Å². The van der Waals surface area contributed by atoms with Crippen LogP contribution in [0.1, 0.15) is 107 Å². The van der Waals surface area contributed by atoms with E-state index in [-0.39, 0.29) is 56.0 Å². The molecule has 0 spiro atoms. The molecule has 2 aliphatic rings. The monoisotopic (exact) mass is 735 g/mol. The number of hydrogen-bond acceptors (Lipinski definition) is 10. The van der Waals surface area contributed by atoms with Gasteiger partial charge in [-0.3, -0.25) is 24.5 Å². The highest BCUT2D eigenvalue weighted by Crippen LogP contribution is 2.40. The molecule has 53 heavy (non-hydrogen) atoms. The molecule has 1 fully saturated rings. The molecule has 3 amide bonds. The minimum absolute atomic E-state index is 0.00600. The molecular formula is C39H57N7O7. The SMILES string of the molecule is Cc1ccc(NC2=NC(CC(=O)NCCOCCOCCNC(=O)CCC(N)=O)c3cc([N+](=O)[O-])ccc3N2C2CCCCCCCCCCC2)cc1. The van der Waals surface area contributed by atoms with Gasteiger partial charge in [-0.2, -0.15) is 0 Å². The van der Waals surface area contributed by atoms with E-state index in [9.17, 15) is 24.5 Å². The number of primary amides is 1. The minimum Gasteiger partial charge on any atom is -0.377 e. The number of nitrogens with zero attached hydrogens (tertiary/aromatic N) is 3. The van der Waals surface area contributed by atoms with E-state index in [1.807, 2.05) is 37.3 Å². The zero-order chi connectivity index (χ0) is 37.8. The van der Waals surface area contributed by atoms with E-state index in [4.69, 9.17) is 20.2 Å². The van der Waals surface area contributed by atoms with E-state index < -0.39 is 16.9 Å². The summed E-state index contributed by atoms with van der Waals surface area (Å²) in [4.78, 5) is 54.6. The molecule has 1 unspecified atom stereocenters. The number of amides is 3. The summed E-state index contributed by atoms with van der Waals surface area (Å²) in [7, 11) is 0. The Bertz CT molecular complexity index is 1510. The number of carbonyl (C=O) groups excluding carboxylic acids is 3. The number of nitrogens with one attached hydrogen (secondary N) is 3. The normalized spacial score (nSPS) is 17.0. The average Bonchev–Trinajstić information content (AvgIpc) is 3.13. The predicted octanol–water partition coefficient (Wildman–Crippen LogP) is 5.83. The van der Waals surface area contributed by atoms with Gasteiger partial charge in [-0.25, -0.2) is 4.99 Å². The van der Waals surface area contributed by atoms with Crippen molar-refractivity contribution in [2.45, 2.75) is 109 Å². The van der Waals surface area contributed by atoms with Gasteiger partial charge in [-0.05, 0) is 38.0 Å². The first-order chi connectivity index (χ1) is 25.7. The maximum Gasteiger partial charge on any atom is 0.269 e. The molecule has 0 aromatic heterocycles. The molecule has 2 aromatic carbocycles. The van der Waals surface area contributed by atoms with Crippen LogP contribution in [0, 0.1) is 17.0 Å². The maximum absolute atomic E-state index is 13.3. The lowest BCUT2D eigenvalue weighted by atomic mass is 9.93. The van der Waals surface area contributed by atoms with Crippen molar-refractivity contribution in [3.05, 3.63) is 63.7 Å². The van der Waals surface area contributed by atoms with Crippen molar-refractivity contribution >= 4 is 40.7 Å². The largest absolute Gasteiger partial charge is 0.377 e. The van der Waals surface area contributed by atoms with Gasteiger partial charge in [0.2, 0.25) is 23.7 Å². The predicted molar refractivity (Wildman–Crippen MR) is 206 cm³/mol. The molecule has 290 valence electrons. The summed E-state index contributed by atoms with van der Waals surface area (Å²) in [6.07, 6.45) is 12.9. The Morgan fingerprint density at radius 3 is 2.00 bits per heavy atom. The number of benzene rings is 2. The lowest BCUT2D eigenvalue weighted by Crippen LogP contribution is -2.47. The standard InChI is InChI=1S/C39H57N7O7/c1-29-13-15-30(16-14-29)43-39-44-34(28-38(49)42-22-24-53-26-25-52-23-21-41-37(48)20-19-36(40)47)33-27-32(46(50)51)17-18-35(33)45(39)31-11-9-7-5-3-2-4-6-8-10-12-31/h13-18,27,31,34H,2-12,19-26,28H2,1H3,(H2,40,47)(H,41,48)(H,42,49)(H,43,44). The van der Waals surface area contributed by atoms with Crippen LogP contribution >= 0.6 is 0 Å². The van der Waals surface area contributed by atoms with Crippen LogP contribution in [-0.4, -0.2) is 74.2 Å². The van der Waals surface area contributed by atoms with E-state index in [1.54, 1.807) is 12.1 Å². The number of rotatable bonds is 17. The summed E-state index contributed by atoms with van der Waals surface area (Å²) in [6, 6.07) is 12.6. The molecule has 0 radical (unpaired) electrons. The Balaban J connectivity index is 1.40. The highest BCUT2D eigenvalue weighted by Gasteiger charge is 2.34. The molecular weight excluding hydrogens is 678 g/mol. The maximum atomic E-state index is 13.3. The topological polar surface area (TPSA) is 191 Å². The van der Waals surface area contributed by atoms with Crippen molar-refractivity contribution in [1.82, 2.24) is 10.6 Å². The van der Waals surface area contributed by atoms with E-state index in [0.717, 1.165) is 42.6 Å². The van der Waals surface area contributed by atoms with E-state index in [2.05, 4.69) is 20.9 Å².